The molecule has 1 aromatic heterocycles. The molecule has 3 aromatic rings. The Morgan fingerprint density at radius 3 is 2.24 bits per heavy atom. The second-order valence-corrected chi connectivity index (χ2v) is 7.97. The maximum atomic E-state index is 13.3. The van der Waals surface area contributed by atoms with Gasteiger partial charge in [-0.3, -0.25) is 9.59 Å². The van der Waals surface area contributed by atoms with Crippen molar-refractivity contribution in [2.45, 2.75) is 6.92 Å². The Hall–Kier alpha value is -3.38. The predicted molar refractivity (Wildman–Crippen MR) is 119 cm³/mol. The maximum Gasteiger partial charge on any atom is 0.282 e. The molecule has 0 radical (unpaired) electrons. The van der Waals surface area contributed by atoms with Crippen LogP contribution in [0.5, 0.6) is 0 Å². The average molecular weight is 404 g/mol. The van der Waals surface area contributed by atoms with E-state index in [1.807, 2.05) is 85.9 Å². The molecule has 0 bridgehead atoms. The molecule has 2 aromatic carbocycles. The quantitative estimate of drug-likeness (QED) is 0.637. The summed E-state index contributed by atoms with van der Waals surface area (Å²) in [5.74, 6) is -0.649. The third kappa shape index (κ3) is 3.43. The lowest BCUT2D eigenvalue weighted by molar-refractivity contribution is -0.120. The van der Waals surface area contributed by atoms with Crippen LogP contribution >= 0.6 is 11.3 Å². The zero-order valence-electron chi connectivity index (χ0n) is 16.5. The van der Waals surface area contributed by atoms with Crippen LogP contribution < -0.4 is 15.1 Å². The Morgan fingerprint density at radius 1 is 0.897 bits per heavy atom. The molecule has 0 atom stereocenters. The maximum absolute atomic E-state index is 13.3. The number of carbonyl (C=O) groups excluding carboxylic acids is 2. The van der Waals surface area contributed by atoms with Crippen LogP contribution in [0.4, 0.5) is 17.1 Å². The first-order chi connectivity index (χ1) is 14.0. The van der Waals surface area contributed by atoms with Gasteiger partial charge in [-0.2, -0.15) is 0 Å². The summed E-state index contributed by atoms with van der Waals surface area (Å²) in [5.41, 5.74) is 4.00. The monoisotopic (exact) mass is 403 g/mol. The first kappa shape index (κ1) is 19.0. The third-order valence-corrected chi connectivity index (χ3v) is 5.75. The Labute approximate surface area is 173 Å². The van der Waals surface area contributed by atoms with E-state index in [2.05, 4.69) is 5.32 Å². The SMILES string of the molecule is Cc1ccccc1N1C(=O)C(Nc2ccc(N(C)C)cc2)=C(c2cccs2)C1=O. The number of thiophene rings is 1. The van der Waals surface area contributed by atoms with Gasteiger partial charge in [-0.05, 0) is 54.3 Å². The third-order valence-electron chi connectivity index (χ3n) is 4.86. The number of hydrogen-bond donors (Lipinski definition) is 1. The summed E-state index contributed by atoms with van der Waals surface area (Å²) >= 11 is 1.44. The van der Waals surface area contributed by atoms with Gasteiger partial charge in [0, 0.05) is 30.3 Å². The molecule has 2 heterocycles. The molecule has 1 N–H and O–H groups in total. The molecule has 29 heavy (non-hydrogen) atoms. The van der Waals surface area contributed by atoms with Crippen molar-refractivity contribution in [2.24, 2.45) is 0 Å². The first-order valence-corrected chi connectivity index (χ1v) is 10.1. The van der Waals surface area contributed by atoms with E-state index >= 15 is 0 Å². The van der Waals surface area contributed by atoms with E-state index in [-0.39, 0.29) is 11.8 Å². The van der Waals surface area contributed by atoms with Gasteiger partial charge < -0.3 is 10.2 Å². The number of hydrogen-bond acceptors (Lipinski definition) is 5. The van der Waals surface area contributed by atoms with E-state index in [0.29, 0.717) is 17.0 Å². The number of imide groups is 1. The highest BCUT2D eigenvalue weighted by atomic mass is 32.1. The molecular weight excluding hydrogens is 382 g/mol. The van der Waals surface area contributed by atoms with Gasteiger partial charge in [0.2, 0.25) is 0 Å². The van der Waals surface area contributed by atoms with E-state index in [1.165, 1.54) is 16.2 Å². The lowest BCUT2D eigenvalue weighted by atomic mass is 10.1. The number of anilines is 3. The van der Waals surface area contributed by atoms with Crippen LogP contribution in [0, 0.1) is 6.92 Å². The smallest absolute Gasteiger partial charge is 0.282 e. The van der Waals surface area contributed by atoms with Crippen LogP contribution in [0.25, 0.3) is 5.57 Å². The van der Waals surface area contributed by atoms with Crippen molar-refractivity contribution >= 4 is 45.8 Å². The normalized spacial score (nSPS) is 14.0. The van der Waals surface area contributed by atoms with Crippen molar-refractivity contribution in [3.8, 4) is 0 Å². The average Bonchev–Trinajstić information content (AvgIpc) is 3.30. The first-order valence-electron chi connectivity index (χ1n) is 9.24. The lowest BCUT2D eigenvalue weighted by Gasteiger charge is -2.17. The molecule has 2 amide bonds. The molecule has 0 aliphatic carbocycles. The van der Waals surface area contributed by atoms with Gasteiger partial charge >= 0.3 is 0 Å². The molecule has 0 saturated carbocycles. The Kier molecular flexibility index (Phi) is 4.94. The van der Waals surface area contributed by atoms with E-state index in [4.69, 9.17) is 0 Å². The van der Waals surface area contributed by atoms with E-state index in [0.717, 1.165) is 21.8 Å². The summed E-state index contributed by atoms with van der Waals surface area (Å²) in [4.78, 5) is 30.7. The van der Waals surface area contributed by atoms with Crippen molar-refractivity contribution in [3.63, 3.8) is 0 Å². The number of nitrogens with one attached hydrogen (secondary N) is 1. The molecule has 4 rings (SSSR count). The molecule has 5 nitrogen and oxygen atoms in total. The van der Waals surface area contributed by atoms with Crippen LogP contribution in [-0.4, -0.2) is 25.9 Å². The van der Waals surface area contributed by atoms with Crippen molar-refractivity contribution < 1.29 is 9.59 Å². The Morgan fingerprint density at radius 2 is 1.62 bits per heavy atom. The van der Waals surface area contributed by atoms with Gasteiger partial charge in [0.1, 0.15) is 5.70 Å². The minimum atomic E-state index is -0.343. The van der Waals surface area contributed by atoms with Gasteiger partial charge in [0.15, 0.2) is 0 Å². The van der Waals surface area contributed by atoms with E-state index in [1.54, 1.807) is 6.07 Å². The summed E-state index contributed by atoms with van der Waals surface area (Å²) in [6, 6.07) is 18.9. The number of carbonyl (C=O) groups is 2. The van der Waals surface area contributed by atoms with Crippen LogP contribution in [0.15, 0.2) is 71.7 Å². The summed E-state index contributed by atoms with van der Waals surface area (Å²) in [6.07, 6.45) is 0. The number of nitrogens with zero attached hydrogens (tertiary/aromatic N) is 2. The second kappa shape index (κ2) is 7.56. The number of aryl methyl sites for hydroxylation is 1. The minimum Gasteiger partial charge on any atom is -0.378 e. The largest absolute Gasteiger partial charge is 0.378 e. The number of para-hydroxylation sites is 1. The fraction of sp³-hybridized carbons (Fsp3) is 0.130. The van der Waals surface area contributed by atoms with Crippen LogP contribution in [0.3, 0.4) is 0 Å². The van der Waals surface area contributed by atoms with Crippen LogP contribution in [0.2, 0.25) is 0 Å². The molecule has 146 valence electrons. The van der Waals surface area contributed by atoms with E-state index in [9.17, 15) is 9.59 Å². The standard InChI is InChI=1S/C23H21N3O2S/c1-15-7-4-5-8-18(15)26-22(27)20(19-9-6-14-29-19)21(23(26)28)24-16-10-12-17(13-11-16)25(2)3/h4-14,24H,1-3H3. The summed E-state index contributed by atoms with van der Waals surface area (Å²) in [7, 11) is 3.94. The van der Waals surface area contributed by atoms with Gasteiger partial charge in [-0.1, -0.05) is 24.3 Å². The van der Waals surface area contributed by atoms with Crippen molar-refractivity contribution in [1.29, 1.82) is 0 Å². The molecule has 0 spiro atoms. The van der Waals surface area contributed by atoms with Gasteiger partial charge in [-0.25, -0.2) is 4.90 Å². The topological polar surface area (TPSA) is 52.7 Å². The number of rotatable bonds is 5. The summed E-state index contributed by atoms with van der Waals surface area (Å²) < 4.78 is 0. The molecule has 6 heteroatoms. The van der Waals surface area contributed by atoms with Crippen molar-refractivity contribution in [3.05, 3.63) is 82.2 Å². The zero-order valence-corrected chi connectivity index (χ0v) is 17.3. The number of amides is 2. The van der Waals surface area contributed by atoms with Crippen LogP contribution in [-0.2, 0) is 9.59 Å². The van der Waals surface area contributed by atoms with Crippen LogP contribution in [0.1, 0.15) is 10.4 Å². The molecule has 1 aliphatic heterocycles. The van der Waals surface area contributed by atoms with Crippen molar-refractivity contribution in [1.82, 2.24) is 0 Å². The fourth-order valence-electron chi connectivity index (χ4n) is 3.32. The van der Waals surface area contributed by atoms with Gasteiger partial charge in [0.25, 0.3) is 11.8 Å². The highest BCUT2D eigenvalue weighted by molar-refractivity contribution is 7.11. The number of benzene rings is 2. The Balaban J connectivity index is 1.76. The molecule has 0 unspecified atom stereocenters. The summed E-state index contributed by atoms with van der Waals surface area (Å²) in [5, 5.41) is 5.10. The molecule has 0 fully saturated rings. The Bertz CT molecular complexity index is 1100. The highest BCUT2D eigenvalue weighted by Gasteiger charge is 2.41. The lowest BCUT2D eigenvalue weighted by Crippen LogP contribution is -2.32. The predicted octanol–water partition coefficient (Wildman–Crippen LogP) is 4.52. The second-order valence-electron chi connectivity index (χ2n) is 7.03. The van der Waals surface area contributed by atoms with Gasteiger partial charge in [-0.15, -0.1) is 11.3 Å². The highest BCUT2D eigenvalue weighted by Crippen LogP contribution is 2.36. The fourth-order valence-corrected chi connectivity index (χ4v) is 4.08. The molecular formula is C23H21N3O2S. The zero-order chi connectivity index (χ0) is 20.5. The molecule has 0 saturated heterocycles. The van der Waals surface area contributed by atoms with Crippen molar-refractivity contribution in [2.75, 3.05) is 29.2 Å². The molecule has 1 aliphatic rings. The van der Waals surface area contributed by atoms with Gasteiger partial charge in [0.05, 0.1) is 11.3 Å². The van der Waals surface area contributed by atoms with E-state index < -0.39 is 0 Å². The summed E-state index contributed by atoms with van der Waals surface area (Å²) in [6.45, 7) is 1.89. The minimum absolute atomic E-state index is 0.304.